The third kappa shape index (κ3) is 5.57. The Labute approximate surface area is 129 Å². The zero-order valence-corrected chi connectivity index (χ0v) is 13.2. The van der Waals surface area contributed by atoms with Crippen molar-refractivity contribution in [2.45, 2.75) is 26.3 Å². The van der Waals surface area contributed by atoms with Crippen molar-refractivity contribution < 1.29 is 9.53 Å². The molecule has 3 N–H and O–H groups in total. The second-order valence-electron chi connectivity index (χ2n) is 4.84. The van der Waals surface area contributed by atoms with Gasteiger partial charge in [0.15, 0.2) is 0 Å². The van der Waals surface area contributed by atoms with E-state index in [1.807, 2.05) is 13.8 Å². The van der Waals surface area contributed by atoms with Crippen molar-refractivity contribution in [3.8, 4) is 5.75 Å². The van der Waals surface area contributed by atoms with E-state index in [4.69, 9.17) is 33.7 Å². The van der Waals surface area contributed by atoms with Crippen LogP contribution >= 0.6 is 23.2 Å². The first kappa shape index (κ1) is 17.1. The summed E-state index contributed by atoms with van der Waals surface area (Å²) in [6.07, 6.45) is 0.676. The lowest BCUT2D eigenvalue weighted by atomic mass is 10.1. The highest BCUT2D eigenvalue weighted by atomic mass is 35.5. The van der Waals surface area contributed by atoms with E-state index in [1.165, 1.54) is 0 Å². The molecular formula is C14H20Cl2N2O2. The molecule has 4 nitrogen and oxygen atoms in total. The van der Waals surface area contributed by atoms with Gasteiger partial charge in [0.2, 0.25) is 5.91 Å². The van der Waals surface area contributed by atoms with Crippen LogP contribution in [0.15, 0.2) is 18.2 Å². The number of rotatable bonds is 7. The molecule has 112 valence electrons. The first-order valence-electron chi connectivity index (χ1n) is 6.53. The number of benzene rings is 1. The summed E-state index contributed by atoms with van der Waals surface area (Å²) in [5.74, 6) is 0.574. The van der Waals surface area contributed by atoms with Crippen LogP contribution in [0.25, 0.3) is 0 Å². The summed E-state index contributed by atoms with van der Waals surface area (Å²) in [6.45, 7) is 4.80. The minimum Gasteiger partial charge on any atom is -0.492 e. The molecule has 20 heavy (non-hydrogen) atoms. The quantitative estimate of drug-likeness (QED) is 0.760. The second-order valence-corrected chi connectivity index (χ2v) is 5.68. The standard InChI is InChI=1S/C14H20Cl2N2O2/c1-9(2)13(17)14(19)18-6-3-7-20-12-5-4-10(15)8-11(12)16/h4-5,8-9,13H,3,6-7,17H2,1-2H3,(H,18,19)/t13-/m0/s1. The topological polar surface area (TPSA) is 64.4 Å². The summed E-state index contributed by atoms with van der Waals surface area (Å²) in [5, 5.41) is 3.82. The van der Waals surface area contributed by atoms with E-state index in [0.717, 1.165) is 0 Å². The molecule has 1 atom stereocenters. The third-order valence-electron chi connectivity index (χ3n) is 2.79. The van der Waals surface area contributed by atoms with Crippen LogP contribution in [-0.2, 0) is 4.79 Å². The van der Waals surface area contributed by atoms with Crippen molar-refractivity contribution in [2.24, 2.45) is 11.7 Å². The summed E-state index contributed by atoms with van der Waals surface area (Å²) < 4.78 is 5.51. The van der Waals surface area contributed by atoms with Crippen LogP contribution in [0.1, 0.15) is 20.3 Å². The van der Waals surface area contributed by atoms with Crippen molar-refractivity contribution in [1.82, 2.24) is 5.32 Å². The minimum atomic E-state index is -0.471. The monoisotopic (exact) mass is 318 g/mol. The number of amides is 1. The Balaban J connectivity index is 2.24. The second kappa shape index (κ2) is 8.35. The number of ether oxygens (including phenoxy) is 1. The molecule has 6 heteroatoms. The lowest BCUT2D eigenvalue weighted by Crippen LogP contribution is -2.44. The van der Waals surface area contributed by atoms with Gasteiger partial charge < -0.3 is 15.8 Å². The van der Waals surface area contributed by atoms with Gasteiger partial charge in [0.1, 0.15) is 5.75 Å². The van der Waals surface area contributed by atoms with Gasteiger partial charge in [-0.1, -0.05) is 37.0 Å². The maximum atomic E-state index is 11.6. The van der Waals surface area contributed by atoms with Gasteiger partial charge in [-0.2, -0.15) is 0 Å². The van der Waals surface area contributed by atoms with Crippen LogP contribution in [0, 0.1) is 5.92 Å². The summed E-state index contributed by atoms with van der Waals surface area (Å²) in [7, 11) is 0. The van der Waals surface area contributed by atoms with E-state index >= 15 is 0 Å². The van der Waals surface area contributed by atoms with Crippen LogP contribution in [0.4, 0.5) is 0 Å². The van der Waals surface area contributed by atoms with Crippen LogP contribution in [0.3, 0.4) is 0 Å². The highest BCUT2D eigenvalue weighted by Gasteiger charge is 2.16. The van der Waals surface area contributed by atoms with E-state index in [-0.39, 0.29) is 11.8 Å². The molecule has 0 saturated heterocycles. The van der Waals surface area contributed by atoms with Crippen molar-refractivity contribution in [1.29, 1.82) is 0 Å². The molecule has 0 aliphatic heterocycles. The van der Waals surface area contributed by atoms with E-state index in [9.17, 15) is 4.79 Å². The van der Waals surface area contributed by atoms with Crippen LogP contribution in [0.2, 0.25) is 10.0 Å². The van der Waals surface area contributed by atoms with Crippen molar-refractivity contribution in [3.63, 3.8) is 0 Å². The number of halogens is 2. The molecule has 0 unspecified atom stereocenters. The highest BCUT2D eigenvalue weighted by Crippen LogP contribution is 2.27. The number of nitrogens with one attached hydrogen (secondary N) is 1. The number of nitrogens with two attached hydrogens (primary N) is 1. The molecule has 0 fully saturated rings. The van der Waals surface area contributed by atoms with Gasteiger partial charge in [0.25, 0.3) is 0 Å². The lowest BCUT2D eigenvalue weighted by molar-refractivity contribution is -0.123. The Morgan fingerprint density at radius 1 is 1.40 bits per heavy atom. The van der Waals surface area contributed by atoms with Gasteiger partial charge in [-0.25, -0.2) is 0 Å². The van der Waals surface area contributed by atoms with Crippen molar-refractivity contribution >= 4 is 29.1 Å². The van der Waals surface area contributed by atoms with Crippen LogP contribution in [0.5, 0.6) is 5.75 Å². The van der Waals surface area contributed by atoms with E-state index in [2.05, 4.69) is 5.32 Å². The Kier molecular flexibility index (Phi) is 7.13. The lowest BCUT2D eigenvalue weighted by Gasteiger charge is -2.15. The molecule has 1 aromatic carbocycles. The molecule has 0 radical (unpaired) electrons. The van der Waals surface area contributed by atoms with Crippen LogP contribution in [-0.4, -0.2) is 25.1 Å². The van der Waals surface area contributed by atoms with Gasteiger partial charge in [0.05, 0.1) is 17.7 Å². The van der Waals surface area contributed by atoms with Gasteiger partial charge in [0, 0.05) is 11.6 Å². The smallest absolute Gasteiger partial charge is 0.237 e. The number of carbonyl (C=O) groups is 1. The Morgan fingerprint density at radius 3 is 2.70 bits per heavy atom. The Hall–Kier alpha value is -0.970. The normalized spacial score (nSPS) is 12.3. The van der Waals surface area contributed by atoms with E-state index in [1.54, 1.807) is 18.2 Å². The number of hydrogen-bond acceptors (Lipinski definition) is 3. The zero-order chi connectivity index (χ0) is 15.1. The molecule has 0 aliphatic carbocycles. The summed E-state index contributed by atoms with van der Waals surface area (Å²) in [5.41, 5.74) is 5.73. The molecular weight excluding hydrogens is 299 g/mol. The molecule has 1 aromatic rings. The van der Waals surface area contributed by atoms with Gasteiger partial charge in [-0.05, 0) is 30.5 Å². The van der Waals surface area contributed by atoms with Crippen LogP contribution < -0.4 is 15.8 Å². The predicted molar refractivity (Wildman–Crippen MR) is 82.4 cm³/mol. The van der Waals surface area contributed by atoms with Gasteiger partial charge >= 0.3 is 0 Å². The molecule has 0 aliphatic rings. The Morgan fingerprint density at radius 2 is 2.10 bits per heavy atom. The fraction of sp³-hybridized carbons (Fsp3) is 0.500. The minimum absolute atomic E-state index is 0.124. The first-order chi connectivity index (χ1) is 9.41. The molecule has 0 aromatic heterocycles. The van der Waals surface area contributed by atoms with Crippen molar-refractivity contribution in [3.05, 3.63) is 28.2 Å². The highest BCUT2D eigenvalue weighted by molar-refractivity contribution is 6.35. The molecule has 0 saturated carbocycles. The zero-order valence-electron chi connectivity index (χ0n) is 11.7. The number of hydrogen-bond donors (Lipinski definition) is 2. The van der Waals surface area contributed by atoms with Crippen molar-refractivity contribution in [2.75, 3.05) is 13.2 Å². The largest absolute Gasteiger partial charge is 0.492 e. The third-order valence-corrected chi connectivity index (χ3v) is 3.32. The van der Waals surface area contributed by atoms with E-state index < -0.39 is 6.04 Å². The molecule has 1 amide bonds. The predicted octanol–water partition coefficient (Wildman–Crippen LogP) is 2.86. The van der Waals surface area contributed by atoms with Gasteiger partial charge in [-0.3, -0.25) is 4.79 Å². The fourth-order valence-electron chi connectivity index (χ4n) is 1.48. The maximum absolute atomic E-state index is 11.6. The molecule has 0 bridgehead atoms. The Bertz CT molecular complexity index is 453. The first-order valence-corrected chi connectivity index (χ1v) is 7.28. The SMILES string of the molecule is CC(C)[C@H](N)C(=O)NCCCOc1ccc(Cl)cc1Cl. The average Bonchev–Trinajstić information content (AvgIpc) is 2.39. The number of carbonyl (C=O) groups excluding carboxylic acids is 1. The maximum Gasteiger partial charge on any atom is 0.237 e. The van der Waals surface area contributed by atoms with E-state index in [0.29, 0.717) is 35.4 Å². The summed E-state index contributed by atoms with van der Waals surface area (Å²) in [4.78, 5) is 11.6. The average molecular weight is 319 g/mol. The molecule has 1 rings (SSSR count). The van der Waals surface area contributed by atoms with Gasteiger partial charge in [-0.15, -0.1) is 0 Å². The summed E-state index contributed by atoms with van der Waals surface area (Å²) in [6, 6.07) is 4.59. The summed E-state index contributed by atoms with van der Waals surface area (Å²) >= 11 is 11.8. The molecule has 0 heterocycles. The fourth-order valence-corrected chi connectivity index (χ4v) is 1.94. The molecule has 0 spiro atoms.